The van der Waals surface area contributed by atoms with E-state index < -0.39 is 5.82 Å². The van der Waals surface area contributed by atoms with Crippen molar-refractivity contribution in [3.63, 3.8) is 0 Å². The number of carbonyl (C=O) groups excluding carboxylic acids is 1. The van der Waals surface area contributed by atoms with Crippen molar-refractivity contribution in [3.8, 4) is 22.6 Å². The van der Waals surface area contributed by atoms with Crippen LogP contribution in [0.25, 0.3) is 28.1 Å². The Morgan fingerprint density at radius 2 is 1.88 bits per heavy atom. The summed E-state index contributed by atoms with van der Waals surface area (Å²) in [5.41, 5.74) is 1.80. The van der Waals surface area contributed by atoms with Gasteiger partial charge in [-0.05, 0) is 63.7 Å². The quantitative estimate of drug-likeness (QED) is 0.385. The predicted octanol–water partition coefficient (Wildman–Crippen LogP) is 4.55. The summed E-state index contributed by atoms with van der Waals surface area (Å²) < 4.78 is 21.6. The van der Waals surface area contributed by atoms with Crippen LogP contribution in [0.5, 0.6) is 11.5 Å². The van der Waals surface area contributed by atoms with Crippen LogP contribution in [0.2, 0.25) is 0 Å². The van der Waals surface area contributed by atoms with E-state index in [-0.39, 0.29) is 22.6 Å². The van der Waals surface area contributed by atoms with Crippen LogP contribution in [0.1, 0.15) is 25.3 Å². The van der Waals surface area contributed by atoms with Crippen molar-refractivity contribution < 1.29 is 19.0 Å². The number of phenolic OH excluding ortho intramolecular Hbond substituents is 1. The fourth-order valence-corrected chi connectivity index (χ4v) is 6.58. The van der Waals surface area contributed by atoms with E-state index >= 15 is 4.39 Å². The van der Waals surface area contributed by atoms with Crippen molar-refractivity contribution in [2.45, 2.75) is 25.8 Å². The van der Waals surface area contributed by atoms with Crippen molar-refractivity contribution in [2.24, 2.45) is 5.41 Å². The van der Waals surface area contributed by atoms with E-state index in [9.17, 15) is 9.90 Å². The summed E-state index contributed by atoms with van der Waals surface area (Å²) in [6, 6.07) is 6.61. The Kier molecular flexibility index (Phi) is 7.50. The number of piperidine rings is 1. The van der Waals surface area contributed by atoms with E-state index in [0.29, 0.717) is 41.0 Å². The summed E-state index contributed by atoms with van der Waals surface area (Å²) in [5.74, 6) is 1.05. The lowest BCUT2D eigenvalue weighted by molar-refractivity contribution is -0.139. The standard InChI is InChI=1S/C33H39FN6O3/c1-6-21-16-23-29(30(43-8-3)27(21)28-24(34)10-9-11-25(28)41)35-32(39-17-22(18-39)37(4)5)36-31(23)38-14-12-33(13-15-38)19-40(20-33)26(42)7-2/h6-7,9-11,16,22,41H,1-2,8,12-15,17-20H2,3-5H3. The molecule has 4 heterocycles. The van der Waals surface area contributed by atoms with Gasteiger partial charge in [-0.1, -0.05) is 25.3 Å². The number of hydrogen-bond donors (Lipinski definition) is 1. The van der Waals surface area contributed by atoms with Crippen molar-refractivity contribution in [3.05, 3.63) is 54.9 Å². The zero-order chi connectivity index (χ0) is 30.5. The van der Waals surface area contributed by atoms with Gasteiger partial charge in [-0.3, -0.25) is 4.79 Å². The molecule has 3 aliphatic rings. The zero-order valence-electron chi connectivity index (χ0n) is 25.1. The summed E-state index contributed by atoms with van der Waals surface area (Å²) in [6.45, 7) is 14.5. The molecule has 0 saturated carbocycles. The Morgan fingerprint density at radius 1 is 1.16 bits per heavy atom. The Morgan fingerprint density at radius 3 is 2.49 bits per heavy atom. The average Bonchev–Trinajstić information content (AvgIpc) is 2.95. The molecule has 1 spiro atoms. The van der Waals surface area contributed by atoms with Gasteiger partial charge < -0.3 is 29.4 Å². The SMILES string of the molecule is C=CC(=O)N1CC2(CCN(c3nc(N4CC(N(C)C)C4)nc4c(OCC)c(-c5c(O)cccc5F)c(C=C)cc34)CC2)C1. The van der Waals surface area contributed by atoms with Gasteiger partial charge in [0.05, 0.1) is 12.2 Å². The lowest BCUT2D eigenvalue weighted by atomic mass is 9.72. The van der Waals surface area contributed by atoms with Gasteiger partial charge in [0.2, 0.25) is 11.9 Å². The Balaban J connectivity index is 1.47. The summed E-state index contributed by atoms with van der Waals surface area (Å²) >= 11 is 0. The van der Waals surface area contributed by atoms with Crippen LogP contribution in [0, 0.1) is 11.2 Å². The summed E-state index contributed by atoms with van der Waals surface area (Å²) in [4.78, 5) is 30.8. The number of amides is 1. The first-order valence-electron chi connectivity index (χ1n) is 14.9. The molecule has 0 aliphatic carbocycles. The number of benzene rings is 2. The Bertz CT molecular complexity index is 1570. The first-order chi connectivity index (χ1) is 20.7. The number of nitrogens with zero attached hydrogens (tertiary/aromatic N) is 6. The highest BCUT2D eigenvalue weighted by atomic mass is 19.1. The lowest BCUT2D eigenvalue weighted by Gasteiger charge is -2.54. The van der Waals surface area contributed by atoms with Gasteiger partial charge in [-0.2, -0.15) is 4.98 Å². The van der Waals surface area contributed by atoms with Crippen LogP contribution < -0.4 is 14.5 Å². The minimum absolute atomic E-state index is 0.0119. The van der Waals surface area contributed by atoms with E-state index in [0.717, 1.165) is 63.3 Å². The second-order valence-electron chi connectivity index (χ2n) is 12.1. The second kappa shape index (κ2) is 11.1. The van der Waals surface area contributed by atoms with E-state index in [4.69, 9.17) is 14.7 Å². The van der Waals surface area contributed by atoms with Gasteiger partial charge in [0, 0.05) is 61.7 Å². The first-order valence-corrected chi connectivity index (χ1v) is 14.9. The third kappa shape index (κ3) is 4.97. The Labute approximate surface area is 251 Å². The monoisotopic (exact) mass is 586 g/mol. The molecular weight excluding hydrogens is 547 g/mol. The normalized spacial score (nSPS) is 18.1. The molecule has 43 heavy (non-hydrogen) atoms. The predicted molar refractivity (Wildman–Crippen MR) is 168 cm³/mol. The van der Waals surface area contributed by atoms with Crippen LogP contribution in [-0.2, 0) is 4.79 Å². The molecule has 226 valence electrons. The molecule has 3 aromatic rings. The average molecular weight is 587 g/mol. The number of anilines is 2. The van der Waals surface area contributed by atoms with Crippen LogP contribution in [0.4, 0.5) is 16.2 Å². The minimum Gasteiger partial charge on any atom is -0.507 e. The third-order valence-corrected chi connectivity index (χ3v) is 9.23. The molecular formula is C33H39FN6O3. The number of fused-ring (bicyclic) bond motifs is 1. The molecule has 1 aromatic heterocycles. The number of hydrogen-bond acceptors (Lipinski definition) is 8. The van der Waals surface area contributed by atoms with Gasteiger partial charge in [0.25, 0.3) is 0 Å². The number of aromatic hydroxyl groups is 1. The topological polar surface area (TPSA) is 85.3 Å². The molecule has 0 atom stereocenters. The molecule has 3 saturated heterocycles. The number of ether oxygens (including phenoxy) is 1. The molecule has 10 heteroatoms. The van der Waals surface area contributed by atoms with E-state index in [1.54, 1.807) is 6.08 Å². The molecule has 9 nitrogen and oxygen atoms in total. The molecule has 2 aromatic carbocycles. The van der Waals surface area contributed by atoms with Gasteiger partial charge in [0.15, 0.2) is 5.75 Å². The van der Waals surface area contributed by atoms with Crippen molar-refractivity contribution in [1.82, 2.24) is 19.8 Å². The maximum Gasteiger partial charge on any atom is 0.245 e. The van der Waals surface area contributed by atoms with E-state index in [1.807, 2.05) is 17.9 Å². The number of aromatic nitrogens is 2. The fraction of sp³-hybridized carbons (Fsp3) is 0.424. The number of halogens is 1. The van der Waals surface area contributed by atoms with Crippen molar-refractivity contribution in [1.29, 1.82) is 0 Å². The first kappa shape index (κ1) is 28.9. The van der Waals surface area contributed by atoms with E-state index in [2.05, 4.69) is 42.0 Å². The van der Waals surface area contributed by atoms with Gasteiger partial charge in [-0.15, -0.1) is 0 Å². The molecule has 1 amide bonds. The molecule has 3 aliphatic heterocycles. The largest absolute Gasteiger partial charge is 0.507 e. The number of likely N-dealkylation sites (tertiary alicyclic amines) is 1. The highest BCUT2D eigenvalue weighted by molar-refractivity contribution is 6.03. The number of likely N-dealkylation sites (N-methyl/N-ethyl adjacent to an activating group) is 1. The third-order valence-electron chi connectivity index (χ3n) is 9.23. The maximum atomic E-state index is 15.3. The number of rotatable bonds is 8. The number of phenols is 1. The smallest absolute Gasteiger partial charge is 0.245 e. The van der Waals surface area contributed by atoms with Crippen molar-refractivity contribution in [2.75, 3.05) is 69.8 Å². The van der Waals surface area contributed by atoms with Crippen LogP contribution in [0.3, 0.4) is 0 Å². The van der Waals surface area contributed by atoms with Crippen LogP contribution in [0.15, 0.2) is 43.5 Å². The minimum atomic E-state index is -0.555. The maximum absolute atomic E-state index is 15.3. The van der Waals surface area contributed by atoms with Crippen molar-refractivity contribution >= 4 is 34.7 Å². The molecule has 1 N–H and O–H groups in total. The molecule has 0 radical (unpaired) electrons. The molecule has 0 unspecified atom stereocenters. The van der Waals surface area contributed by atoms with Gasteiger partial charge in [0.1, 0.15) is 22.9 Å². The van der Waals surface area contributed by atoms with Gasteiger partial charge in [-0.25, -0.2) is 9.37 Å². The molecule has 3 fully saturated rings. The highest BCUT2D eigenvalue weighted by Gasteiger charge is 2.46. The van der Waals surface area contributed by atoms with Crippen LogP contribution in [-0.4, -0.2) is 96.8 Å². The fourth-order valence-electron chi connectivity index (χ4n) is 6.58. The van der Waals surface area contributed by atoms with Crippen LogP contribution >= 0.6 is 0 Å². The summed E-state index contributed by atoms with van der Waals surface area (Å²) in [5, 5.41) is 11.6. The lowest BCUT2D eigenvalue weighted by Crippen LogP contribution is -2.61. The summed E-state index contributed by atoms with van der Waals surface area (Å²) in [7, 11) is 4.14. The highest BCUT2D eigenvalue weighted by Crippen LogP contribution is 2.48. The summed E-state index contributed by atoms with van der Waals surface area (Å²) in [6.07, 6.45) is 4.92. The van der Waals surface area contributed by atoms with Gasteiger partial charge >= 0.3 is 0 Å². The second-order valence-corrected chi connectivity index (χ2v) is 12.1. The Hall–Kier alpha value is -4.18. The van der Waals surface area contributed by atoms with E-state index in [1.165, 1.54) is 24.3 Å². The molecule has 6 rings (SSSR count). The number of carbonyl (C=O) groups is 1. The molecule has 0 bridgehead atoms. The zero-order valence-corrected chi connectivity index (χ0v) is 25.1.